The molecule has 4 rings (SSSR count). The quantitative estimate of drug-likeness (QED) is 0.331. The van der Waals surface area contributed by atoms with E-state index in [9.17, 15) is 19.8 Å². The van der Waals surface area contributed by atoms with Crippen LogP contribution in [0.4, 0.5) is 10.5 Å². The maximum atomic E-state index is 13.3. The zero-order valence-electron chi connectivity index (χ0n) is 22.5. The van der Waals surface area contributed by atoms with Gasteiger partial charge in [-0.2, -0.15) is 0 Å². The molecular formula is C30H36N4O4. The number of aromatic nitrogens is 1. The van der Waals surface area contributed by atoms with Gasteiger partial charge in [-0.05, 0) is 55.4 Å². The molecule has 0 aliphatic heterocycles. The molecule has 200 valence electrons. The Morgan fingerprint density at radius 1 is 1.08 bits per heavy atom. The van der Waals surface area contributed by atoms with Crippen molar-refractivity contribution in [2.24, 2.45) is 0 Å². The van der Waals surface area contributed by atoms with Crippen LogP contribution in [0.15, 0.2) is 60.7 Å². The first-order valence-electron chi connectivity index (χ1n) is 12.8. The number of aryl methyl sites for hydroxylation is 1. The minimum Gasteiger partial charge on any atom is -0.391 e. The summed E-state index contributed by atoms with van der Waals surface area (Å²) in [5.41, 5.74) is 3.08. The number of nitrogens with one attached hydrogen (secondary N) is 3. The molecule has 8 nitrogen and oxygen atoms in total. The number of pyridine rings is 1. The van der Waals surface area contributed by atoms with Crippen molar-refractivity contribution in [2.45, 2.75) is 64.2 Å². The summed E-state index contributed by atoms with van der Waals surface area (Å²) in [5.74, 6) is -0.414. The van der Waals surface area contributed by atoms with Crippen molar-refractivity contribution in [3.63, 3.8) is 0 Å². The normalized spacial score (nSPS) is 18.3. The van der Waals surface area contributed by atoms with E-state index in [0.29, 0.717) is 23.4 Å². The van der Waals surface area contributed by atoms with Gasteiger partial charge in [0, 0.05) is 12.1 Å². The summed E-state index contributed by atoms with van der Waals surface area (Å²) in [6.45, 7) is 9.20. The summed E-state index contributed by atoms with van der Waals surface area (Å²) in [7, 11) is 0. The second-order valence-electron chi connectivity index (χ2n) is 11.2. The van der Waals surface area contributed by atoms with Gasteiger partial charge in [0.05, 0.1) is 29.1 Å². The molecule has 0 saturated heterocycles. The summed E-state index contributed by atoms with van der Waals surface area (Å²) in [4.78, 5) is 30.8. The molecule has 2 atom stereocenters. The lowest BCUT2D eigenvalue weighted by Gasteiger charge is -2.40. The topological polar surface area (TPSA) is 124 Å². The Bertz CT molecular complexity index is 1330. The van der Waals surface area contributed by atoms with E-state index in [-0.39, 0.29) is 17.7 Å². The lowest BCUT2D eigenvalue weighted by molar-refractivity contribution is 0.0691. The fraction of sp³-hybridized carbons (Fsp3) is 0.367. The number of carbonyl (C=O) groups is 2. The van der Waals surface area contributed by atoms with Crippen molar-refractivity contribution in [3.05, 3.63) is 83.0 Å². The minimum absolute atomic E-state index is 0.0675. The Balaban J connectivity index is 1.63. The first kappa shape index (κ1) is 27.3. The molecule has 1 aliphatic carbocycles. The third-order valence-electron chi connectivity index (χ3n) is 6.82. The van der Waals surface area contributed by atoms with E-state index in [1.807, 2.05) is 54.6 Å². The van der Waals surface area contributed by atoms with Crippen LogP contribution in [0.25, 0.3) is 11.3 Å². The van der Waals surface area contributed by atoms with Crippen LogP contribution < -0.4 is 16.0 Å². The lowest BCUT2D eigenvalue weighted by Crippen LogP contribution is -2.45. The molecule has 3 aromatic rings. The van der Waals surface area contributed by atoms with Gasteiger partial charge in [0.15, 0.2) is 0 Å². The molecule has 0 fully saturated rings. The summed E-state index contributed by atoms with van der Waals surface area (Å²) >= 11 is 0. The van der Waals surface area contributed by atoms with Crippen LogP contribution in [-0.2, 0) is 5.41 Å². The monoisotopic (exact) mass is 516 g/mol. The number of fused-ring (bicyclic) bond motifs is 1. The largest absolute Gasteiger partial charge is 0.391 e. The smallest absolute Gasteiger partial charge is 0.319 e. The van der Waals surface area contributed by atoms with E-state index in [4.69, 9.17) is 0 Å². The molecule has 1 aliphatic rings. The van der Waals surface area contributed by atoms with Gasteiger partial charge in [-0.25, -0.2) is 9.78 Å². The molecule has 0 radical (unpaired) electrons. The number of nitrogens with zero attached hydrogens (tertiary/aromatic N) is 1. The average Bonchev–Trinajstić information content (AvgIpc) is 2.85. The summed E-state index contributed by atoms with van der Waals surface area (Å²) in [6.07, 6.45) is -0.236. The van der Waals surface area contributed by atoms with Crippen molar-refractivity contribution in [1.29, 1.82) is 0 Å². The van der Waals surface area contributed by atoms with E-state index in [0.717, 1.165) is 16.7 Å². The maximum Gasteiger partial charge on any atom is 0.319 e. The van der Waals surface area contributed by atoms with Crippen LogP contribution in [0.1, 0.15) is 67.3 Å². The van der Waals surface area contributed by atoms with Crippen LogP contribution in [0.5, 0.6) is 0 Å². The number of hydrogen-bond donors (Lipinski definition) is 5. The summed E-state index contributed by atoms with van der Waals surface area (Å²) in [6, 6.07) is 17.8. The van der Waals surface area contributed by atoms with Gasteiger partial charge in [0.1, 0.15) is 5.69 Å². The first-order chi connectivity index (χ1) is 17.9. The third kappa shape index (κ3) is 6.03. The van der Waals surface area contributed by atoms with Gasteiger partial charge in [-0.15, -0.1) is 0 Å². The fourth-order valence-corrected chi connectivity index (χ4v) is 4.95. The van der Waals surface area contributed by atoms with E-state index in [1.165, 1.54) is 0 Å². The van der Waals surface area contributed by atoms with Gasteiger partial charge in [0.2, 0.25) is 0 Å². The Morgan fingerprint density at radius 2 is 1.74 bits per heavy atom. The van der Waals surface area contributed by atoms with E-state index < -0.39 is 29.7 Å². The van der Waals surface area contributed by atoms with Crippen molar-refractivity contribution in [1.82, 2.24) is 15.6 Å². The van der Waals surface area contributed by atoms with Crippen molar-refractivity contribution in [2.75, 3.05) is 11.9 Å². The molecule has 0 spiro atoms. The maximum absolute atomic E-state index is 13.3. The molecule has 8 heteroatoms. The zero-order chi connectivity index (χ0) is 27.7. The number of hydrogen-bond acceptors (Lipinski definition) is 5. The second-order valence-corrected chi connectivity index (χ2v) is 11.2. The second kappa shape index (κ2) is 10.6. The molecule has 38 heavy (non-hydrogen) atoms. The van der Waals surface area contributed by atoms with Crippen LogP contribution in [0.3, 0.4) is 0 Å². The highest BCUT2D eigenvalue weighted by atomic mass is 16.3. The van der Waals surface area contributed by atoms with Crippen LogP contribution >= 0.6 is 0 Å². The molecule has 5 N–H and O–H groups in total. The SMILES string of the molecule is Cc1cc(NC(=O)N[C@@H]2c3ccccc3C(C)(C)C[C@H]2O)c(-c2ccccc2)nc1C(=O)NCC(C)(C)O. The first-order valence-corrected chi connectivity index (χ1v) is 12.8. The van der Waals surface area contributed by atoms with Gasteiger partial charge >= 0.3 is 6.03 Å². The number of urea groups is 1. The van der Waals surface area contributed by atoms with Gasteiger partial charge in [-0.1, -0.05) is 68.4 Å². The Labute approximate surface area is 223 Å². The van der Waals surface area contributed by atoms with Gasteiger partial charge < -0.3 is 26.2 Å². The number of anilines is 1. The molecule has 3 amide bonds. The highest BCUT2D eigenvalue weighted by Crippen LogP contribution is 2.41. The highest BCUT2D eigenvalue weighted by Gasteiger charge is 2.39. The van der Waals surface area contributed by atoms with Crippen LogP contribution in [0, 0.1) is 6.92 Å². The number of aliphatic hydroxyl groups excluding tert-OH is 1. The molecular weight excluding hydrogens is 480 g/mol. The fourth-order valence-electron chi connectivity index (χ4n) is 4.95. The predicted octanol–water partition coefficient (Wildman–Crippen LogP) is 4.46. The number of benzene rings is 2. The third-order valence-corrected chi connectivity index (χ3v) is 6.82. The van der Waals surface area contributed by atoms with Crippen molar-refractivity contribution >= 4 is 17.6 Å². The number of aliphatic hydroxyl groups is 2. The zero-order valence-corrected chi connectivity index (χ0v) is 22.5. The Kier molecular flexibility index (Phi) is 7.58. The Morgan fingerprint density at radius 3 is 2.42 bits per heavy atom. The standard InChI is InChI=1S/C30H36N4O4/c1-18-15-22(25(19-11-7-6-8-12-19)33-24(18)27(36)31-17-30(4,5)38)32-28(37)34-26-20-13-9-10-14-21(20)29(2,3)16-23(26)35/h6-15,23,26,35,38H,16-17H2,1-5H3,(H,31,36)(H2,32,34,37)/t23-,26-/m1/s1. The molecule has 0 bridgehead atoms. The van der Waals surface area contributed by atoms with E-state index >= 15 is 0 Å². The van der Waals surface area contributed by atoms with Crippen molar-refractivity contribution < 1.29 is 19.8 Å². The lowest BCUT2D eigenvalue weighted by atomic mass is 9.70. The molecule has 2 aromatic carbocycles. The molecule has 1 aromatic heterocycles. The highest BCUT2D eigenvalue weighted by molar-refractivity contribution is 5.98. The van der Waals surface area contributed by atoms with Crippen LogP contribution in [-0.4, -0.2) is 45.4 Å². The van der Waals surface area contributed by atoms with Crippen molar-refractivity contribution in [3.8, 4) is 11.3 Å². The number of amides is 3. The van der Waals surface area contributed by atoms with Crippen LogP contribution in [0.2, 0.25) is 0 Å². The van der Waals surface area contributed by atoms with E-state index in [2.05, 4.69) is 34.8 Å². The molecule has 0 saturated carbocycles. The average molecular weight is 517 g/mol. The molecule has 0 unspecified atom stereocenters. The molecule has 1 heterocycles. The summed E-state index contributed by atoms with van der Waals surface area (Å²) in [5, 5.41) is 29.5. The van der Waals surface area contributed by atoms with Gasteiger partial charge in [0.25, 0.3) is 5.91 Å². The number of rotatable bonds is 6. The minimum atomic E-state index is -1.07. The number of carbonyl (C=O) groups excluding carboxylic acids is 2. The summed E-state index contributed by atoms with van der Waals surface area (Å²) < 4.78 is 0. The predicted molar refractivity (Wildman–Crippen MR) is 148 cm³/mol. The van der Waals surface area contributed by atoms with E-state index in [1.54, 1.807) is 26.8 Å². The van der Waals surface area contributed by atoms with Gasteiger partial charge in [-0.3, -0.25) is 4.79 Å². The Hall–Kier alpha value is -3.75.